The smallest absolute Gasteiger partial charge is 0.319 e. The molecule has 24 heavy (non-hydrogen) atoms. The Morgan fingerprint density at radius 3 is 2.75 bits per heavy atom. The first-order chi connectivity index (χ1) is 11.6. The molecule has 7 heteroatoms. The van der Waals surface area contributed by atoms with Crippen molar-refractivity contribution < 1.29 is 9.32 Å². The van der Waals surface area contributed by atoms with Gasteiger partial charge in [0.15, 0.2) is 0 Å². The van der Waals surface area contributed by atoms with E-state index in [-0.39, 0.29) is 12.6 Å². The van der Waals surface area contributed by atoms with Gasteiger partial charge in [-0.3, -0.25) is 0 Å². The van der Waals surface area contributed by atoms with Crippen LogP contribution in [0.25, 0.3) is 11.4 Å². The van der Waals surface area contributed by atoms with Crippen LogP contribution in [0.4, 0.5) is 10.5 Å². The quantitative estimate of drug-likeness (QED) is 0.750. The summed E-state index contributed by atoms with van der Waals surface area (Å²) in [5, 5.41) is 9.79. The van der Waals surface area contributed by atoms with Gasteiger partial charge in [0.05, 0.1) is 6.54 Å². The van der Waals surface area contributed by atoms with E-state index in [1.54, 1.807) is 24.3 Å². The van der Waals surface area contributed by atoms with Crippen LogP contribution in [0.2, 0.25) is 5.02 Å². The summed E-state index contributed by atoms with van der Waals surface area (Å²) in [5.74, 6) is 0.814. The molecule has 2 aromatic carbocycles. The van der Waals surface area contributed by atoms with Gasteiger partial charge < -0.3 is 15.2 Å². The Balaban J connectivity index is 1.57. The lowest BCUT2D eigenvalue weighted by molar-refractivity contribution is 0.249. The van der Waals surface area contributed by atoms with Gasteiger partial charge in [-0.15, -0.1) is 0 Å². The van der Waals surface area contributed by atoms with Crippen molar-refractivity contribution in [2.75, 3.05) is 5.32 Å². The molecule has 0 atom stereocenters. The summed E-state index contributed by atoms with van der Waals surface area (Å²) in [7, 11) is 0. The van der Waals surface area contributed by atoms with E-state index in [0.717, 1.165) is 11.1 Å². The van der Waals surface area contributed by atoms with E-state index < -0.39 is 0 Å². The number of anilines is 1. The number of nitrogens with one attached hydrogen (secondary N) is 2. The monoisotopic (exact) mass is 342 g/mol. The fourth-order valence-electron chi connectivity index (χ4n) is 2.04. The number of urea groups is 1. The summed E-state index contributed by atoms with van der Waals surface area (Å²) >= 11 is 5.87. The molecule has 0 fully saturated rings. The Labute approximate surface area is 143 Å². The first kappa shape index (κ1) is 16.0. The zero-order chi connectivity index (χ0) is 16.9. The Morgan fingerprint density at radius 2 is 2.00 bits per heavy atom. The predicted molar refractivity (Wildman–Crippen MR) is 91.8 cm³/mol. The molecule has 1 heterocycles. The zero-order valence-electron chi connectivity index (χ0n) is 12.9. The van der Waals surface area contributed by atoms with Crippen molar-refractivity contribution in [3.63, 3.8) is 0 Å². The molecule has 3 aromatic rings. The first-order valence-corrected chi connectivity index (χ1v) is 7.68. The van der Waals surface area contributed by atoms with Gasteiger partial charge in [-0.1, -0.05) is 52.7 Å². The van der Waals surface area contributed by atoms with Crippen LogP contribution < -0.4 is 10.6 Å². The van der Waals surface area contributed by atoms with Gasteiger partial charge in [0.25, 0.3) is 0 Å². The number of aromatic nitrogens is 2. The number of rotatable bonds is 4. The second kappa shape index (κ2) is 7.14. The zero-order valence-corrected chi connectivity index (χ0v) is 13.7. The van der Waals surface area contributed by atoms with Crippen LogP contribution in [-0.2, 0) is 6.54 Å². The van der Waals surface area contributed by atoms with Gasteiger partial charge in [0, 0.05) is 16.3 Å². The molecule has 2 amide bonds. The minimum absolute atomic E-state index is 0.130. The molecule has 0 bridgehead atoms. The standard InChI is InChI=1S/C17H15ClN4O2/c1-11-5-7-12(8-6-11)16-21-15(24-22-16)10-19-17(23)20-14-4-2-3-13(18)9-14/h2-9H,10H2,1H3,(H2,19,20,23). The van der Waals surface area contributed by atoms with Crippen LogP contribution in [-0.4, -0.2) is 16.2 Å². The maximum absolute atomic E-state index is 11.9. The van der Waals surface area contributed by atoms with E-state index >= 15 is 0 Å². The number of hydrogen-bond acceptors (Lipinski definition) is 4. The Bertz CT molecular complexity index is 846. The molecule has 0 aliphatic heterocycles. The largest absolute Gasteiger partial charge is 0.337 e. The number of benzene rings is 2. The molecule has 3 rings (SSSR count). The van der Waals surface area contributed by atoms with Gasteiger partial charge in [-0.2, -0.15) is 4.98 Å². The fourth-order valence-corrected chi connectivity index (χ4v) is 2.23. The van der Waals surface area contributed by atoms with Crippen LogP contribution in [0.15, 0.2) is 53.1 Å². The molecule has 0 unspecified atom stereocenters. The summed E-state index contributed by atoms with van der Waals surface area (Å²) < 4.78 is 5.14. The van der Waals surface area contributed by atoms with Crippen molar-refractivity contribution in [1.29, 1.82) is 0 Å². The van der Waals surface area contributed by atoms with Crippen molar-refractivity contribution in [2.24, 2.45) is 0 Å². The van der Waals surface area contributed by atoms with Crippen molar-refractivity contribution in [1.82, 2.24) is 15.5 Å². The van der Waals surface area contributed by atoms with Crippen LogP contribution in [0.5, 0.6) is 0 Å². The van der Waals surface area contributed by atoms with E-state index in [9.17, 15) is 4.79 Å². The summed E-state index contributed by atoms with van der Waals surface area (Å²) in [4.78, 5) is 16.1. The first-order valence-electron chi connectivity index (χ1n) is 7.30. The van der Waals surface area contributed by atoms with E-state index in [0.29, 0.717) is 22.4 Å². The normalized spacial score (nSPS) is 10.4. The Hall–Kier alpha value is -2.86. The van der Waals surface area contributed by atoms with E-state index in [2.05, 4.69) is 20.8 Å². The molecule has 122 valence electrons. The molecule has 0 aliphatic rings. The second-order valence-electron chi connectivity index (χ2n) is 5.20. The second-order valence-corrected chi connectivity index (χ2v) is 5.63. The summed E-state index contributed by atoms with van der Waals surface area (Å²) in [6.07, 6.45) is 0. The molecule has 0 radical (unpaired) electrons. The predicted octanol–water partition coefficient (Wildman–Crippen LogP) is 4.02. The highest BCUT2D eigenvalue weighted by atomic mass is 35.5. The van der Waals surface area contributed by atoms with Gasteiger partial charge in [0.2, 0.25) is 11.7 Å². The molecule has 0 saturated heterocycles. The molecule has 0 spiro atoms. The third-order valence-electron chi connectivity index (χ3n) is 3.26. The van der Waals surface area contributed by atoms with E-state index in [1.807, 2.05) is 31.2 Å². The maximum Gasteiger partial charge on any atom is 0.319 e. The highest BCUT2D eigenvalue weighted by molar-refractivity contribution is 6.30. The molecular weight excluding hydrogens is 328 g/mol. The van der Waals surface area contributed by atoms with Crippen molar-refractivity contribution >= 4 is 23.3 Å². The van der Waals surface area contributed by atoms with Gasteiger partial charge in [-0.25, -0.2) is 4.79 Å². The molecule has 6 nitrogen and oxygen atoms in total. The third kappa shape index (κ3) is 4.11. The van der Waals surface area contributed by atoms with Crippen LogP contribution >= 0.6 is 11.6 Å². The third-order valence-corrected chi connectivity index (χ3v) is 3.50. The summed E-state index contributed by atoms with van der Waals surface area (Å²) in [6, 6.07) is 14.3. The van der Waals surface area contributed by atoms with Crippen LogP contribution in [0, 0.1) is 6.92 Å². The molecule has 1 aromatic heterocycles. The lowest BCUT2D eigenvalue weighted by atomic mass is 10.1. The minimum atomic E-state index is -0.382. The van der Waals surface area contributed by atoms with Crippen molar-refractivity contribution in [3.8, 4) is 11.4 Å². The average Bonchev–Trinajstić information content (AvgIpc) is 3.03. The number of aryl methyl sites for hydroxylation is 1. The highest BCUT2D eigenvalue weighted by Crippen LogP contribution is 2.16. The molecule has 0 aliphatic carbocycles. The molecular formula is C17H15ClN4O2. The average molecular weight is 343 g/mol. The number of nitrogens with zero attached hydrogens (tertiary/aromatic N) is 2. The highest BCUT2D eigenvalue weighted by Gasteiger charge is 2.10. The number of carbonyl (C=O) groups is 1. The lowest BCUT2D eigenvalue weighted by Crippen LogP contribution is -2.28. The summed E-state index contributed by atoms with van der Waals surface area (Å²) in [6.45, 7) is 2.14. The number of amides is 2. The number of hydrogen-bond donors (Lipinski definition) is 2. The Morgan fingerprint density at radius 1 is 1.21 bits per heavy atom. The van der Waals surface area contributed by atoms with Crippen LogP contribution in [0.1, 0.15) is 11.5 Å². The number of halogens is 1. The summed E-state index contributed by atoms with van der Waals surface area (Å²) in [5.41, 5.74) is 2.62. The SMILES string of the molecule is Cc1ccc(-c2noc(CNC(=O)Nc3cccc(Cl)c3)n2)cc1. The van der Waals surface area contributed by atoms with Gasteiger partial charge >= 0.3 is 6.03 Å². The topological polar surface area (TPSA) is 80.0 Å². The molecule has 0 saturated carbocycles. The van der Waals surface area contributed by atoms with Gasteiger partial charge in [-0.05, 0) is 25.1 Å². The number of carbonyl (C=O) groups excluding carboxylic acids is 1. The van der Waals surface area contributed by atoms with Crippen LogP contribution in [0.3, 0.4) is 0 Å². The van der Waals surface area contributed by atoms with Gasteiger partial charge in [0.1, 0.15) is 0 Å². The fraction of sp³-hybridized carbons (Fsp3) is 0.118. The van der Waals surface area contributed by atoms with E-state index in [1.165, 1.54) is 0 Å². The van der Waals surface area contributed by atoms with Crippen molar-refractivity contribution in [3.05, 3.63) is 65.0 Å². The minimum Gasteiger partial charge on any atom is -0.337 e. The lowest BCUT2D eigenvalue weighted by Gasteiger charge is -2.05. The van der Waals surface area contributed by atoms with E-state index in [4.69, 9.17) is 16.1 Å². The maximum atomic E-state index is 11.9. The molecule has 2 N–H and O–H groups in total. The van der Waals surface area contributed by atoms with Crippen molar-refractivity contribution in [2.45, 2.75) is 13.5 Å². The Kier molecular flexibility index (Phi) is 4.77.